The molecule has 0 aliphatic heterocycles. The molecular formula is C12H15BrN2O3. The van der Waals surface area contributed by atoms with Gasteiger partial charge in [0.15, 0.2) is 6.10 Å². The Morgan fingerprint density at radius 2 is 2.06 bits per heavy atom. The highest BCUT2D eigenvalue weighted by Gasteiger charge is 2.17. The Bertz CT molecular complexity index is 437. The van der Waals surface area contributed by atoms with Crippen molar-refractivity contribution in [3.8, 4) is 5.75 Å². The van der Waals surface area contributed by atoms with E-state index in [4.69, 9.17) is 4.74 Å². The molecule has 5 nitrogen and oxygen atoms in total. The average Bonchev–Trinajstić information content (AvgIpc) is 2.32. The van der Waals surface area contributed by atoms with E-state index >= 15 is 0 Å². The first kappa shape index (κ1) is 14.5. The van der Waals surface area contributed by atoms with Crippen molar-refractivity contribution >= 4 is 27.9 Å². The molecule has 0 aromatic heterocycles. The second-order valence-electron chi connectivity index (χ2n) is 3.54. The SMILES string of the molecule is CCNC(=O)NC(=O)C(C)Oc1ccccc1Br. The predicted molar refractivity (Wildman–Crippen MR) is 71.4 cm³/mol. The molecule has 6 heteroatoms. The summed E-state index contributed by atoms with van der Waals surface area (Å²) < 4.78 is 6.20. The van der Waals surface area contributed by atoms with Crippen LogP contribution in [0.4, 0.5) is 4.79 Å². The first-order valence-corrected chi connectivity index (χ1v) is 6.33. The van der Waals surface area contributed by atoms with Gasteiger partial charge < -0.3 is 10.1 Å². The molecule has 2 N–H and O–H groups in total. The molecule has 18 heavy (non-hydrogen) atoms. The normalized spacial score (nSPS) is 11.5. The van der Waals surface area contributed by atoms with Crippen LogP contribution in [-0.4, -0.2) is 24.6 Å². The van der Waals surface area contributed by atoms with Crippen molar-refractivity contribution in [3.05, 3.63) is 28.7 Å². The maximum atomic E-state index is 11.6. The van der Waals surface area contributed by atoms with E-state index in [1.165, 1.54) is 0 Å². The van der Waals surface area contributed by atoms with Crippen LogP contribution in [0.5, 0.6) is 5.75 Å². The van der Waals surface area contributed by atoms with Crippen LogP contribution in [0.2, 0.25) is 0 Å². The van der Waals surface area contributed by atoms with E-state index in [2.05, 4.69) is 26.6 Å². The summed E-state index contributed by atoms with van der Waals surface area (Å²) >= 11 is 3.31. The summed E-state index contributed by atoms with van der Waals surface area (Å²) in [5, 5.41) is 4.66. The molecule has 0 saturated carbocycles. The molecule has 1 rings (SSSR count). The van der Waals surface area contributed by atoms with Crippen LogP contribution in [0.1, 0.15) is 13.8 Å². The van der Waals surface area contributed by atoms with Crippen LogP contribution >= 0.6 is 15.9 Å². The number of rotatable bonds is 4. The van der Waals surface area contributed by atoms with Crippen LogP contribution < -0.4 is 15.4 Å². The predicted octanol–water partition coefficient (Wildman–Crippen LogP) is 2.06. The summed E-state index contributed by atoms with van der Waals surface area (Å²) in [6.07, 6.45) is -0.758. The van der Waals surface area contributed by atoms with E-state index in [1.807, 2.05) is 12.1 Å². The molecule has 0 aliphatic rings. The number of carbonyl (C=O) groups excluding carboxylic acids is 2. The van der Waals surface area contributed by atoms with Crippen LogP contribution in [0.25, 0.3) is 0 Å². The van der Waals surface area contributed by atoms with Crippen molar-refractivity contribution < 1.29 is 14.3 Å². The maximum Gasteiger partial charge on any atom is 0.321 e. The van der Waals surface area contributed by atoms with Crippen LogP contribution in [-0.2, 0) is 4.79 Å². The highest BCUT2D eigenvalue weighted by Crippen LogP contribution is 2.24. The summed E-state index contributed by atoms with van der Waals surface area (Å²) in [4.78, 5) is 22.8. The number of ether oxygens (including phenoxy) is 1. The lowest BCUT2D eigenvalue weighted by Gasteiger charge is -2.15. The largest absolute Gasteiger partial charge is 0.480 e. The number of benzene rings is 1. The zero-order valence-electron chi connectivity index (χ0n) is 10.2. The molecule has 1 aromatic rings. The fourth-order valence-corrected chi connectivity index (χ4v) is 1.58. The third-order valence-electron chi connectivity index (χ3n) is 2.08. The Balaban J connectivity index is 2.55. The first-order chi connectivity index (χ1) is 8.54. The lowest BCUT2D eigenvalue weighted by Crippen LogP contribution is -2.45. The summed E-state index contributed by atoms with van der Waals surface area (Å²) in [7, 11) is 0. The molecule has 0 fully saturated rings. The van der Waals surface area contributed by atoms with Crippen molar-refractivity contribution in [1.82, 2.24) is 10.6 Å². The third-order valence-corrected chi connectivity index (χ3v) is 2.74. The van der Waals surface area contributed by atoms with Gasteiger partial charge in [0.2, 0.25) is 0 Å². The van der Waals surface area contributed by atoms with Crippen molar-refractivity contribution in [2.75, 3.05) is 6.54 Å². The van der Waals surface area contributed by atoms with Gasteiger partial charge in [0.05, 0.1) is 4.47 Å². The molecule has 1 aromatic carbocycles. The van der Waals surface area contributed by atoms with Gasteiger partial charge in [0.1, 0.15) is 5.75 Å². The molecule has 3 amide bonds. The van der Waals surface area contributed by atoms with Gasteiger partial charge in [0, 0.05) is 6.54 Å². The quantitative estimate of drug-likeness (QED) is 0.894. The van der Waals surface area contributed by atoms with Crippen molar-refractivity contribution in [3.63, 3.8) is 0 Å². The summed E-state index contributed by atoms with van der Waals surface area (Å²) in [6.45, 7) is 3.80. The van der Waals surface area contributed by atoms with Gasteiger partial charge in [-0.05, 0) is 41.9 Å². The van der Waals surface area contributed by atoms with Crippen LogP contribution in [0.15, 0.2) is 28.7 Å². The first-order valence-electron chi connectivity index (χ1n) is 5.54. The number of halogens is 1. The number of hydrogen-bond donors (Lipinski definition) is 2. The summed E-state index contributed by atoms with van der Waals surface area (Å²) in [5.74, 6) is 0.0627. The maximum absolute atomic E-state index is 11.6. The molecule has 0 bridgehead atoms. The number of urea groups is 1. The minimum atomic E-state index is -0.758. The van der Waals surface area contributed by atoms with Gasteiger partial charge in [0.25, 0.3) is 5.91 Å². The van der Waals surface area contributed by atoms with Crippen LogP contribution in [0, 0.1) is 0 Å². The van der Waals surface area contributed by atoms with E-state index < -0.39 is 18.0 Å². The van der Waals surface area contributed by atoms with Crippen molar-refractivity contribution in [1.29, 1.82) is 0 Å². The van der Waals surface area contributed by atoms with Gasteiger partial charge in [-0.2, -0.15) is 0 Å². The Labute approximate surface area is 114 Å². The van der Waals surface area contributed by atoms with E-state index in [9.17, 15) is 9.59 Å². The molecule has 1 atom stereocenters. The minimum absolute atomic E-state index is 0.457. The lowest BCUT2D eigenvalue weighted by molar-refractivity contribution is -0.126. The zero-order valence-corrected chi connectivity index (χ0v) is 11.8. The average molecular weight is 315 g/mol. The zero-order chi connectivity index (χ0) is 13.5. The van der Waals surface area contributed by atoms with Gasteiger partial charge in [-0.25, -0.2) is 4.79 Å². The number of para-hydroxylation sites is 1. The van der Waals surface area contributed by atoms with E-state index in [0.29, 0.717) is 12.3 Å². The fraction of sp³-hybridized carbons (Fsp3) is 0.333. The lowest BCUT2D eigenvalue weighted by atomic mass is 10.3. The second-order valence-corrected chi connectivity index (χ2v) is 4.39. The van der Waals surface area contributed by atoms with Gasteiger partial charge >= 0.3 is 6.03 Å². The van der Waals surface area contributed by atoms with Crippen molar-refractivity contribution in [2.24, 2.45) is 0 Å². The standard InChI is InChI=1S/C12H15BrN2O3/c1-3-14-12(17)15-11(16)8(2)18-10-7-5-4-6-9(10)13/h4-8H,3H2,1-2H3,(H2,14,15,16,17). The molecule has 0 spiro atoms. The highest BCUT2D eigenvalue weighted by atomic mass is 79.9. The number of nitrogens with one attached hydrogen (secondary N) is 2. The van der Waals surface area contributed by atoms with Crippen LogP contribution in [0.3, 0.4) is 0 Å². The second kappa shape index (κ2) is 7.00. The molecule has 0 aliphatic carbocycles. The topological polar surface area (TPSA) is 67.4 Å². The number of hydrogen-bond acceptors (Lipinski definition) is 3. The smallest absolute Gasteiger partial charge is 0.321 e. The van der Waals surface area contributed by atoms with Gasteiger partial charge in [-0.15, -0.1) is 0 Å². The summed E-state index contributed by atoms with van der Waals surface area (Å²) in [6, 6.07) is 6.67. The molecule has 98 valence electrons. The van der Waals surface area contributed by atoms with E-state index in [1.54, 1.807) is 26.0 Å². The number of amides is 3. The molecule has 0 heterocycles. The minimum Gasteiger partial charge on any atom is -0.480 e. The van der Waals surface area contributed by atoms with Crippen molar-refractivity contribution in [2.45, 2.75) is 20.0 Å². The fourth-order valence-electron chi connectivity index (χ4n) is 1.20. The number of imide groups is 1. The van der Waals surface area contributed by atoms with Gasteiger partial charge in [-0.3, -0.25) is 10.1 Å². The van der Waals surface area contributed by atoms with E-state index in [0.717, 1.165) is 4.47 Å². The van der Waals surface area contributed by atoms with E-state index in [-0.39, 0.29) is 0 Å². The van der Waals surface area contributed by atoms with Gasteiger partial charge in [-0.1, -0.05) is 12.1 Å². The molecular weight excluding hydrogens is 300 g/mol. The Morgan fingerprint density at radius 3 is 2.67 bits per heavy atom. The Hall–Kier alpha value is -1.56. The summed E-state index contributed by atoms with van der Waals surface area (Å²) in [5.41, 5.74) is 0. The number of carbonyl (C=O) groups is 2. The monoisotopic (exact) mass is 314 g/mol. The Kier molecular flexibility index (Phi) is 5.64. The molecule has 1 unspecified atom stereocenters. The highest BCUT2D eigenvalue weighted by molar-refractivity contribution is 9.10. The molecule has 0 radical (unpaired) electrons. The Morgan fingerprint density at radius 1 is 1.39 bits per heavy atom. The third kappa shape index (κ3) is 4.37. The molecule has 0 saturated heterocycles.